The summed E-state index contributed by atoms with van der Waals surface area (Å²) in [5.74, 6) is 0.619. The van der Waals surface area contributed by atoms with Gasteiger partial charge in [0.2, 0.25) is 0 Å². The molecule has 1 saturated carbocycles. The third-order valence-electron chi connectivity index (χ3n) is 4.88. The molecule has 2 heterocycles. The molecule has 3 aliphatic rings. The largest absolute Gasteiger partial charge is 0.315 e. The van der Waals surface area contributed by atoms with Gasteiger partial charge in [0.05, 0.1) is 0 Å². The summed E-state index contributed by atoms with van der Waals surface area (Å²) in [6.07, 6.45) is 6.74. The maximum absolute atomic E-state index is 12.8. The van der Waals surface area contributed by atoms with Gasteiger partial charge in [0, 0.05) is 32.2 Å². The van der Waals surface area contributed by atoms with Gasteiger partial charge in [-0.15, -0.1) is 0 Å². The molecule has 0 aromatic heterocycles. The van der Waals surface area contributed by atoms with Gasteiger partial charge < -0.3 is 5.32 Å². The number of nitrogens with one attached hydrogen (secondary N) is 1. The lowest BCUT2D eigenvalue weighted by atomic mass is 9.86. The van der Waals surface area contributed by atoms with Gasteiger partial charge in [0.1, 0.15) is 0 Å². The summed E-state index contributed by atoms with van der Waals surface area (Å²) in [6, 6.07) is 0.287. The van der Waals surface area contributed by atoms with Gasteiger partial charge in [0.15, 0.2) is 0 Å². The van der Waals surface area contributed by atoms with E-state index in [4.69, 9.17) is 0 Å². The molecular formula is C13H25N3O2S. The summed E-state index contributed by atoms with van der Waals surface area (Å²) in [7, 11) is -3.23. The molecule has 2 aliphatic heterocycles. The van der Waals surface area contributed by atoms with E-state index in [2.05, 4.69) is 5.32 Å². The van der Waals surface area contributed by atoms with Crippen molar-refractivity contribution < 1.29 is 8.42 Å². The quantitative estimate of drug-likeness (QED) is 0.817. The van der Waals surface area contributed by atoms with Gasteiger partial charge in [-0.25, -0.2) is 0 Å². The standard InChI is InChI=1S/C13H25N3O2S/c17-19(18,15-9-3-7-14-8-11-15)16-10-6-12-4-1-2-5-13(12)16/h12-14H,1-11H2. The Hall–Kier alpha value is -0.170. The van der Waals surface area contributed by atoms with E-state index in [1.807, 2.05) is 4.31 Å². The Bertz CT molecular complexity index is 404. The molecule has 1 N–H and O–H groups in total. The molecule has 0 aromatic carbocycles. The van der Waals surface area contributed by atoms with Gasteiger partial charge in [0.25, 0.3) is 10.2 Å². The highest BCUT2D eigenvalue weighted by atomic mass is 32.2. The molecule has 6 heteroatoms. The molecule has 3 fully saturated rings. The number of hydrogen-bond donors (Lipinski definition) is 1. The van der Waals surface area contributed by atoms with Crippen molar-refractivity contribution in [3.63, 3.8) is 0 Å². The normalized spacial score (nSPS) is 34.9. The van der Waals surface area contributed by atoms with Crippen molar-refractivity contribution in [3.05, 3.63) is 0 Å². The van der Waals surface area contributed by atoms with Crippen LogP contribution in [0.3, 0.4) is 0 Å². The monoisotopic (exact) mass is 287 g/mol. The van der Waals surface area contributed by atoms with Gasteiger partial charge in [-0.05, 0) is 38.1 Å². The number of nitrogens with zero attached hydrogens (tertiary/aromatic N) is 2. The van der Waals surface area contributed by atoms with Crippen molar-refractivity contribution in [1.82, 2.24) is 13.9 Å². The zero-order valence-electron chi connectivity index (χ0n) is 11.6. The summed E-state index contributed by atoms with van der Waals surface area (Å²) in [5.41, 5.74) is 0. The van der Waals surface area contributed by atoms with Crippen LogP contribution < -0.4 is 5.32 Å². The molecule has 0 amide bonds. The molecule has 0 bridgehead atoms. The zero-order valence-corrected chi connectivity index (χ0v) is 12.4. The summed E-state index contributed by atoms with van der Waals surface area (Å²) < 4.78 is 29.2. The minimum absolute atomic E-state index is 0.287. The maximum Gasteiger partial charge on any atom is 0.282 e. The number of fused-ring (bicyclic) bond motifs is 1. The summed E-state index contributed by atoms with van der Waals surface area (Å²) >= 11 is 0. The molecule has 2 saturated heterocycles. The van der Waals surface area contributed by atoms with E-state index in [0.717, 1.165) is 38.9 Å². The summed E-state index contributed by atoms with van der Waals surface area (Å²) in [4.78, 5) is 0. The van der Waals surface area contributed by atoms with Crippen LogP contribution >= 0.6 is 0 Å². The fourth-order valence-electron chi connectivity index (χ4n) is 3.85. The Morgan fingerprint density at radius 1 is 0.895 bits per heavy atom. The molecule has 0 radical (unpaired) electrons. The van der Waals surface area contributed by atoms with Crippen LogP contribution in [0.25, 0.3) is 0 Å². The van der Waals surface area contributed by atoms with Crippen LogP contribution in [-0.2, 0) is 10.2 Å². The van der Waals surface area contributed by atoms with E-state index in [0.29, 0.717) is 19.0 Å². The topological polar surface area (TPSA) is 52.7 Å². The van der Waals surface area contributed by atoms with Crippen LogP contribution in [0.4, 0.5) is 0 Å². The van der Waals surface area contributed by atoms with Crippen molar-refractivity contribution in [2.75, 3.05) is 32.7 Å². The SMILES string of the molecule is O=S(=O)(N1CCCNCC1)N1CCC2CCCCC21. The third-order valence-corrected chi connectivity index (χ3v) is 6.94. The predicted octanol–water partition coefficient (Wildman–Crippen LogP) is 0.791. The first-order valence-electron chi connectivity index (χ1n) is 7.67. The third kappa shape index (κ3) is 2.68. The van der Waals surface area contributed by atoms with Crippen LogP contribution in [0, 0.1) is 5.92 Å². The predicted molar refractivity (Wildman–Crippen MR) is 75.0 cm³/mol. The van der Waals surface area contributed by atoms with E-state index >= 15 is 0 Å². The molecule has 2 atom stereocenters. The molecule has 1 aliphatic carbocycles. The second kappa shape index (κ2) is 5.68. The second-order valence-corrected chi connectivity index (χ2v) is 7.90. The Kier molecular flexibility index (Phi) is 4.12. The highest BCUT2D eigenvalue weighted by Crippen LogP contribution is 2.38. The second-order valence-electron chi connectivity index (χ2n) is 6.02. The van der Waals surface area contributed by atoms with Crippen molar-refractivity contribution in [2.24, 2.45) is 5.92 Å². The van der Waals surface area contributed by atoms with Gasteiger partial charge >= 0.3 is 0 Å². The van der Waals surface area contributed by atoms with E-state index in [1.165, 1.54) is 19.3 Å². The smallest absolute Gasteiger partial charge is 0.282 e. The average Bonchev–Trinajstić information content (AvgIpc) is 2.65. The molecule has 0 spiro atoms. The number of hydrogen-bond acceptors (Lipinski definition) is 3. The van der Waals surface area contributed by atoms with Crippen LogP contribution in [0.1, 0.15) is 38.5 Å². The Morgan fingerprint density at radius 2 is 1.74 bits per heavy atom. The average molecular weight is 287 g/mol. The van der Waals surface area contributed by atoms with E-state index in [1.54, 1.807) is 4.31 Å². The molecule has 2 unspecified atom stereocenters. The van der Waals surface area contributed by atoms with Crippen LogP contribution in [0.5, 0.6) is 0 Å². The lowest BCUT2D eigenvalue weighted by Gasteiger charge is -2.34. The molecule has 0 aromatic rings. The first-order chi connectivity index (χ1) is 9.19. The number of rotatable bonds is 2. The van der Waals surface area contributed by atoms with E-state index in [9.17, 15) is 8.42 Å². The molecule has 19 heavy (non-hydrogen) atoms. The summed E-state index contributed by atoms with van der Waals surface area (Å²) in [5, 5.41) is 3.27. The molecule has 3 rings (SSSR count). The Morgan fingerprint density at radius 3 is 2.63 bits per heavy atom. The lowest BCUT2D eigenvalue weighted by Crippen LogP contribution is -2.48. The fourth-order valence-corrected chi connectivity index (χ4v) is 5.78. The fraction of sp³-hybridized carbons (Fsp3) is 1.00. The Balaban J connectivity index is 1.75. The first kappa shape index (κ1) is 13.8. The minimum atomic E-state index is -3.23. The Labute approximate surface area is 116 Å². The minimum Gasteiger partial charge on any atom is -0.315 e. The van der Waals surface area contributed by atoms with E-state index in [-0.39, 0.29) is 6.04 Å². The van der Waals surface area contributed by atoms with E-state index < -0.39 is 10.2 Å². The zero-order chi connectivity index (χ0) is 13.3. The van der Waals surface area contributed by atoms with Gasteiger partial charge in [-0.3, -0.25) is 0 Å². The first-order valence-corrected chi connectivity index (χ1v) is 9.07. The highest BCUT2D eigenvalue weighted by Gasteiger charge is 2.43. The lowest BCUT2D eigenvalue weighted by molar-refractivity contribution is 0.246. The highest BCUT2D eigenvalue weighted by molar-refractivity contribution is 7.86. The van der Waals surface area contributed by atoms with Crippen molar-refractivity contribution in [1.29, 1.82) is 0 Å². The van der Waals surface area contributed by atoms with Crippen molar-refractivity contribution in [3.8, 4) is 0 Å². The summed E-state index contributed by atoms with van der Waals surface area (Å²) in [6.45, 7) is 3.74. The van der Waals surface area contributed by atoms with Crippen molar-refractivity contribution in [2.45, 2.75) is 44.6 Å². The van der Waals surface area contributed by atoms with Crippen LogP contribution in [0.15, 0.2) is 0 Å². The van der Waals surface area contributed by atoms with Gasteiger partial charge in [-0.2, -0.15) is 17.0 Å². The van der Waals surface area contributed by atoms with Crippen LogP contribution in [-0.4, -0.2) is 55.8 Å². The molecule has 5 nitrogen and oxygen atoms in total. The van der Waals surface area contributed by atoms with Gasteiger partial charge in [-0.1, -0.05) is 12.8 Å². The van der Waals surface area contributed by atoms with Crippen molar-refractivity contribution >= 4 is 10.2 Å². The molecule has 110 valence electrons. The molecular weight excluding hydrogens is 262 g/mol. The maximum atomic E-state index is 12.8. The van der Waals surface area contributed by atoms with Crippen LogP contribution in [0.2, 0.25) is 0 Å².